The van der Waals surface area contributed by atoms with E-state index in [1.54, 1.807) is 6.33 Å². The van der Waals surface area contributed by atoms with E-state index >= 15 is 0 Å². The summed E-state index contributed by atoms with van der Waals surface area (Å²) < 4.78 is 2.03. The first kappa shape index (κ1) is 15.4. The van der Waals surface area contributed by atoms with Crippen LogP contribution in [0.4, 0.5) is 0 Å². The molecule has 5 nitrogen and oxygen atoms in total. The highest BCUT2D eigenvalue weighted by Crippen LogP contribution is 2.31. The van der Waals surface area contributed by atoms with E-state index in [0.717, 1.165) is 24.7 Å². The van der Waals surface area contributed by atoms with Crippen LogP contribution in [-0.2, 0) is 13.0 Å². The summed E-state index contributed by atoms with van der Waals surface area (Å²) in [4.78, 5) is 4.42. The van der Waals surface area contributed by atoms with Crippen LogP contribution in [0.25, 0.3) is 0 Å². The number of nitrogens with two attached hydrogens (primary N) is 1. The lowest BCUT2D eigenvalue weighted by atomic mass is 9.78. The number of hydrazine groups is 1. The van der Waals surface area contributed by atoms with Gasteiger partial charge in [0.1, 0.15) is 12.2 Å². The van der Waals surface area contributed by atoms with Gasteiger partial charge < -0.3 is 0 Å². The van der Waals surface area contributed by atoms with Crippen molar-refractivity contribution in [2.75, 3.05) is 0 Å². The molecule has 1 aromatic rings. The van der Waals surface area contributed by atoms with Crippen LogP contribution in [0.2, 0.25) is 0 Å². The molecule has 2 rings (SSSR count). The van der Waals surface area contributed by atoms with Crippen molar-refractivity contribution >= 4 is 0 Å². The minimum atomic E-state index is 0.317. The second-order valence-corrected chi connectivity index (χ2v) is 6.75. The molecule has 0 aliphatic heterocycles. The third kappa shape index (κ3) is 4.03. The maximum absolute atomic E-state index is 5.80. The number of aromatic nitrogens is 3. The highest BCUT2D eigenvalue weighted by atomic mass is 15.3. The molecule has 1 aliphatic carbocycles. The molecule has 1 aromatic heterocycles. The van der Waals surface area contributed by atoms with Crippen LogP contribution in [0, 0.1) is 17.8 Å². The Morgan fingerprint density at radius 1 is 1.35 bits per heavy atom. The summed E-state index contributed by atoms with van der Waals surface area (Å²) in [7, 11) is 0. The molecule has 3 N–H and O–H groups in total. The Kier molecular flexibility index (Phi) is 5.54. The van der Waals surface area contributed by atoms with Gasteiger partial charge in [0.15, 0.2) is 0 Å². The monoisotopic (exact) mass is 279 g/mol. The first-order valence-corrected chi connectivity index (χ1v) is 7.93. The normalized spacial score (nSPS) is 25.1. The van der Waals surface area contributed by atoms with Crippen LogP contribution in [0.5, 0.6) is 0 Å². The van der Waals surface area contributed by atoms with Crippen molar-refractivity contribution < 1.29 is 0 Å². The highest BCUT2D eigenvalue weighted by molar-refractivity contribution is 4.93. The van der Waals surface area contributed by atoms with Gasteiger partial charge in [0.25, 0.3) is 0 Å². The van der Waals surface area contributed by atoms with Gasteiger partial charge in [0, 0.05) is 19.0 Å². The van der Waals surface area contributed by atoms with Gasteiger partial charge in [-0.2, -0.15) is 5.10 Å². The Labute approximate surface area is 122 Å². The Morgan fingerprint density at radius 2 is 2.05 bits per heavy atom. The third-order valence-corrected chi connectivity index (χ3v) is 4.48. The van der Waals surface area contributed by atoms with Crippen molar-refractivity contribution in [3.63, 3.8) is 0 Å². The van der Waals surface area contributed by atoms with Crippen LogP contribution in [-0.4, -0.2) is 20.8 Å². The molecule has 0 radical (unpaired) electrons. The Bertz CT molecular complexity index is 393. The summed E-state index contributed by atoms with van der Waals surface area (Å²) in [5.74, 6) is 8.97. The van der Waals surface area contributed by atoms with Crippen molar-refractivity contribution in [1.82, 2.24) is 20.2 Å². The van der Waals surface area contributed by atoms with Crippen molar-refractivity contribution in [2.45, 2.75) is 65.5 Å². The maximum atomic E-state index is 5.80. The minimum Gasteiger partial charge on any atom is -0.271 e. The van der Waals surface area contributed by atoms with Gasteiger partial charge in [-0.15, -0.1) is 0 Å². The number of nitrogens with zero attached hydrogens (tertiary/aromatic N) is 3. The van der Waals surface area contributed by atoms with Crippen molar-refractivity contribution in [3.05, 3.63) is 12.2 Å². The molecule has 0 saturated heterocycles. The summed E-state index contributed by atoms with van der Waals surface area (Å²) in [5, 5.41) is 4.34. The summed E-state index contributed by atoms with van der Waals surface area (Å²) >= 11 is 0. The molecule has 20 heavy (non-hydrogen) atoms. The van der Waals surface area contributed by atoms with E-state index in [2.05, 4.69) is 36.3 Å². The Balaban J connectivity index is 1.97. The van der Waals surface area contributed by atoms with E-state index in [1.165, 1.54) is 25.7 Å². The summed E-state index contributed by atoms with van der Waals surface area (Å²) in [6, 6.07) is 0.317. The molecule has 1 saturated carbocycles. The van der Waals surface area contributed by atoms with Crippen LogP contribution >= 0.6 is 0 Å². The van der Waals surface area contributed by atoms with Gasteiger partial charge in [0.2, 0.25) is 0 Å². The molecule has 1 aliphatic rings. The quantitative estimate of drug-likeness (QED) is 0.618. The Morgan fingerprint density at radius 3 is 2.65 bits per heavy atom. The van der Waals surface area contributed by atoms with E-state index in [-0.39, 0.29) is 0 Å². The van der Waals surface area contributed by atoms with Gasteiger partial charge in [-0.1, -0.05) is 33.6 Å². The summed E-state index contributed by atoms with van der Waals surface area (Å²) in [5.41, 5.74) is 3.02. The Hall–Kier alpha value is -0.940. The average Bonchev–Trinajstić information content (AvgIpc) is 2.83. The molecule has 114 valence electrons. The molecule has 1 atom stereocenters. The zero-order valence-electron chi connectivity index (χ0n) is 13.0. The van der Waals surface area contributed by atoms with Gasteiger partial charge >= 0.3 is 0 Å². The molecule has 5 heteroatoms. The largest absolute Gasteiger partial charge is 0.271 e. The second kappa shape index (κ2) is 7.18. The predicted molar refractivity (Wildman–Crippen MR) is 80.8 cm³/mol. The lowest BCUT2D eigenvalue weighted by Crippen LogP contribution is -2.44. The summed E-state index contributed by atoms with van der Waals surface area (Å²) in [6.45, 7) is 7.67. The molecule has 0 amide bonds. The van der Waals surface area contributed by atoms with Crippen LogP contribution in [0.15, 0.2) is 6.33 Å². The molecule has 0 aromatic carbocycles. The van der Waals surface area contributed by atoms with E-state index < -0.39 is 0 Å². The number of hydrogen-bond donors (Lipinski definition) is 2. The average molecular weight is 279 g/mol. The smallest absolute Gasteiger partial charge is 0.138 e. The molecule has 1 unspecified atom stereocenters. The van der Waals surface area contributed by atoms with Gasteiger partial charge in [-0.25, -0.2) is 9.67 Å². The third-order valence-electron chi connectivity index (χ3n) is 4.48. The molecular weight excluding hydrogens is 250 g/mol. The van der Waals surface area contributed by atoms with Crippen LogP contribution < -0.4 is 11.3 Å². The summed E-state index contributed by atoms with van der Waals surface area (Å²) in [6.07, 6.45) is 7.72. The standard InChI is InChI=1S/C15H29N5/c1-11(2)9-20-15(17-10-18-20)8-14(19-16)13-6-4-12(3)5-7-13/h10-14,19H,4-9,16H2,1-3H3. The van der Waals surface area contributed by atoms with E-state index in [0.29, 0.717) is 17.9 Å². The van der Waals surface area contributed by atoms with Crippen molar-refractivity contribution in [1.29, 1.82) is 0 Å². The SMILES string of the molecule is CC(C)Cn1ncnc1CC(NN)C1CCC(C)CC1. The van der Waals surface area contributed by atoms with E-state index in [4.69, 9.17) is 5.84 Å². The molecule has 1 heterocycles. The van der Waals surface area contributed by atoms with Crippen molar-refractivity contribution in [3.8, 4) is 0 Å². The molecule has 1 fully saturated rings. The molecule has 0 spiro atoms. The molecule has 0 bridgehead atoms. The predicted octanol–water partition coefficient (Wildman–Crippen LogP) is 2.13. The highest BCUT2D eigenvalue weighted by Gasteiger charge is 2.26. The lowest BCUT2D eigenvalue weighted by Gasteiger charge is -2.32. The van der Waals surface area contributed by atoms with Gasteiger partial charge in [0.05, 0.1) is 0 Å². The minimum absolute atomic E-state index is 0.317. The number of hydrogen-bond acceptors (Lipinski definition) is 4. The fourth-order valence-electron chi connectivity index (χ4n) is 3.19. The lowest BCUT2D eigenvalue weighted by molar-refractivity contribution is 0.226. The van der Waals surface area contributed by atoms with Crippen LogP contribution in [0.3, 0.4) is 0 Å². The zero-order chi connectivity index (χ0) is 14.5. The topological polar surface area (TPSA) is 68.8 Å². The van der Waals surface area contributed by atoms with Gasteiger partial charge in [-0.3, -0.25) is 11.3 Å². The van der Waals surface area contributed by atoms with Crippen LogP contribution in [0.1, 0.15) is 52.3 Å². The first-order chi connectivity index (χ1) is 9.60. The second-order valence-electron chi connectivity index (χ2n) is 6.75. The van der Waals surface area contributed by atoms with E-state index in [9.17, 15) is 0 Å². The zero-order valence-corrected chi connectivity index (χ0v) is 13.0. The van der Waals surface area contributed by atoms with E-state index in [1.807, 2.05) is 4.68 Å². The fraction of sp³-hybridized carbons (Fsp3) is 0.867. The fourth-order valence-corrected chi connectivity index (χ4v) is 3.19. The van der Waals surface area contributed by atoms with Crippen molar-refractivity contribution in [2.24, 2.45) is 23.6 Å². The number of nitrogens with one attached hydrogen (secondary N) is 1. The number of rotatable bonds is 6. The maximum Gasteiger partial charge on any atom is 0.138 e. The molecular formula is C15H29N5. The first-order valence-electron chi connectivity index (χ1n) is 7.93. The van der Waals surface area contributed by atoms with Gasteiger partial charge in [-0.05, 0) is 30.6 Å².